The van der Waals surface area contributed by atoms with Crippen molar-refractivity contribution in [2.75, 3.05) is 5.32 Å². The summed E-state index contributed by atoms with van der Waals surface area (Å²) < 4.78 is 52.2. The summed E-state index contributed by atoms with van der Waals surface area (Å²) in [6, 6.07) is 2.56. The molecule has 3 nitrogen and oxygen atoms in total. The van der Waals surface area contributed by atoms with Crippen molar-refractivity contribution in [3.05, 3.63) is 59.4 Å². The molecule has 0 saturated carbocycles. The van der Waals surface area contributed by atoms with Crippen LogP contribution in [0, 0.1) is 23.3 Å². The lowest BCUT2D eigenvalue weighted by Crippen LogP contribution is -2.15. The zero-order valence-electron chi connectivity index (χ0n) is 9.25. The second kappa shape index (κ2) is 5.05. The van der Waals surface area contributed by atoms with E-state index in [0.717, 1.165) is 18.3 Å². The van der Waals surface area contributed by atoms with E-state index in [2.05, 4.69) is 4.98 Å². The molecule has 1 N–H and O–H groups in total. The van der Waals surface area contributed by atoms with Crippen molar-refractivity contribution in [2.24, 2.45) is 0 Å². The maximum absolute atomic E-state index is 13.3. The number of halogens is 4. The molecule has 0 radical (unpaired) electrons. The molecule has 0 unspecified atom stereocenters. The van der Waals surface area contributed by atoms with Gasteiger partial charge in [0, 0.05) is 6.20 Å². The van der Waals surface area contributed by atoms with Crippen LogP contribution in [-0.2, 0) is 0 Å². The Morgan fingerprint density at radius 2 is 1.74 bits per heavy atom. The highest BCUT2D eigenvalue weighted by Gasteiger charge is 2.17. The van der Waals surface area contributed by atoms with Gasteiger partial charge in [0.25, 0.3) is 5.91 Å². The molecule has 98 valence electrons. The molecule has 0 aliphatic carbocycles. The Morgan fingerprint density at radius 1 is 1.00 bits per heavy atom. The summed E-state index contributed by atoms with van der Waals surface area (Å²) in [6.07, 6.45) is 1.97. The minimum Gasteiger partial charge on any atom is -0.319 e. The fraction of sp³-hybridized carbons (Fsp3) is 0. The summed E-state index contributed by atoms with van der Waals surface area (Å²) in [4.78, 5) is 15.1. The second-order valence-corrected chi connectivity index (χ2v) is 3.53. The van der Waals surface area contributed by atoms with Crippen molar-refractivity contribution in [3.63, 3.8) is 0 Å². The number of nitrogens with zero attached hydrogens (tertiary/aromatic N) is 1. The SMILES string of the molecule is O=C(Nc1ccc(F)c(F)c1F)c1ccncc1F. The van der Waals surface area contributed by atoms with Crippen LogP contribution in [0.15, 0.2) is 30.6 Å². The van der Waals surface area contributed by atoms with Gasteiger partial charge in [0.2, 0.25) is 0 Å². The maximum atomic E-state index is 13.3. The molecule has 0 saturated heterocycles. The normalized spacial score (nSPS) is 10.3. The van der Waals surface area contributed by atoms with Crippen LogP contribution < -0.4 is 5.32 Å². The Balaban J connectivity index is 2.30. The fourth-order valence-electron chi connectivity index (χ4n) is 1.37. The number of carbonyl (C=O) groups excluding carboxylic acids is 1. The summed E-state index contributed by atoms with van der Waals surface area (Å²) in [5, 5.41) is 1.95. The summed E-state index contributed by atoms with van der Waals surface area (Å²) in [5.74, 6) is -6.56. The average Bonchev–Trinajstić information content (AvgIpc) is 2.40. The molecule has 1 heterocycles. The number of nitrogens with one attached hydrogen (secondary N) is 1. The lowest BCUT2D eigenvalue weighted by Gasteiger charge is -2.07. The van der Waals surface area contributed by atoms with Crippen LogP contribution in [0.5, 0.6) is 0 Å². The van der Waals surface area contributed by atoms with Crippen molar-refractivity contribution in [2.45, 2.75) is 0 Å². The molecule has 0 spiro atoms. The van der Waals surface area contributed by atoms with Crippen molar-refractivity contribution in [1.29, 1.82) is 0 Å². The first-order valence-electron chi connectivity index (χ1n) is 5.05. The first-order chi connectivity index (χ1) is 9.00. The first kappa shape index (κ1) is 13.0. The van der Waals surface area contributed by atoms with Gasteiger partial charge >= 0.3 is 0 Å². The van der Waals surface area contributed by atoms with Gasteiger partial charge in [0.05, 0.1) is 17.4 Å². The van der Waals surface area contributed by atoms with E-state index in [-0.39, 0.29) is 5.56 Å². The highest BCUT2D eigenvalue weighted by atomic mass is 19.2. The molecule has 0 fully saturated rings. The van der Waals surface area contributed by atoms with Crippen LogP contribution in [0.1, 0.15) is 10.4 Å². The molecule has 0 aliphatic rings. The smallest absolute Gasteiger partial charge is 0.258 e. The molecule has 19 heavy (non-hydrogen) atoms. The molecule has 1 aromatic heterocycles. The number of hydrogen-bond donors (Lipinski definition) is 1. The van der Waals surface area contributed by atoms with E-state index in [1.165, 1.54) is 6.20 Å². The van der Waals surface area contributed by atoms with Crippen LogP contribution in [0.4, 0.5) is 23.2 Å². The molecule has 0 aliphatic heterocycles. The molecule has 2 aromatic rings. The van der Waals surface area contributed by atoms with Crippen molar-refractivity contribution >= 4 is 11.6 Å². The summed E-state index contributed by atoms with van der Waals surface area (Å²) in [5.41, 5.74) is -0.973. The number of aromatic nitrogens is 1. The number of benzene rings is 1. The first-order valence-corrected chi connectivity index (χ1v) is 5.05. The number of rotatable bonds is 2. The number of amides is 1. The van der Waals surface area contributed by atoms with Crippen LogP contribution in [0.3, 0.4) is 0 Å². The number of anilines is 1. The van der Waals surface area contributed by atoms with Crippen molar-refractivity contribution in [3.8, 4) is 0 Å². The van der Waals surface area contributed by atoms with Gasteiger partial charge in [-0.3, -0.25) is 9.78 Å². The van der Waals surface area contributed by atoms with E-state index in [4.69, 9.17) is 0 Å². The third kappa shape index (κ3) is 2.54. The Morgan fingerprint density at radius 3 is 2.42 bits per heavy atom. The van der Waals surface area contributed by atoms with Crippen molar-refractivity contribution < 1.29 is 22.4 Å². The molecular formula is C12H6F4N2O. The van der Waals surface area contributed by atoms with Gasteiger partial charge in [-0.2, -0.15) is 0 Å². The monoisotopic (exact) mass is 270 g/mol. The lowest BCUT2D eigenvalue weighted by molar-refractivity contribution is 0.102. The molecule has 7 heteroatoms. The maximum Gasteiger partial charge on any atom is 0.258 e. The van der Waals surface area contributed by atoms with Crippen molar-refractivity contribution in [1.82, 2.24) is 4.98 Å². The fourth-order valence-corrected chi connectivity index (χ4v) is 1.37. The second-order valence-electron chi connectivity index (χ2n) is 3.53. The van der Waals surface area contributed by atoms with Gasteiger partial charge in [-0.25, -0.2) is 17.6 Å². The molecule has 1 aromatic carbocycles. The van der Waals surface area contributed by atoms with E-state index in [1.807, 2.05) is 5.32 Å². The summed E-state index contributed by atoms with van der Waals surface area (Å²) in [7, 11) is 0. The third-order valence-electron chi connectivity index (χ3n) is 2.30. The molecule has 1 amide bonds. The highest BCUT2D eigenvalue weighted by molar-refractivity contribution is 6.04. The summed E-state index contributed by atoms with van der Waals surface area (Å²) >= 11 is 0. The van der Waals surface area contributed by atoms with E-state index in [1.54, 1.807) is 0 Å². The zero-order valence-corrected chi connectivity index (χ0v) is 9.25. The van der Waals surface area contributed by atoms with Crippen LogP contribution in [0.2, 0.25) is 0 Å². The third-order valence-corrected chi connectivity index (χ3v) is 2.30. The quantitative estimate of drug-likeness (QED) is 0.673. The van der Waals surface area contributed by atoms with Crippen LogP contribution in [0.25, 0.3) is 0 Å². The average molecular weight is 270 g/mol. The topological polar surface area (TPSA) is 42.0 Å². The van der Waals surface area contributed by atoms with E-state index < -0.39 is 34.9 Å². The van der Waals surface area contributed by atoms with E-state index >= 15 is 0 Å². The molecular weight excluding hydrogens is 264 g/mol. The van der Waals surface area contributed by atoms with Gasteiger partial charge in [0.1, 0.15) is 0 Å². The Hall–Kier alpha value is -2.44. The predicted octanol–water partition coefficient (Wildman–Crippen LogP) is 2.89. The number of hydrogen-bond acceptors (Lipinski definition) is 2. The zero-order chi connectivity index (χ0) is 14.0. The minimum atomic E-state index is -1.71. The number of pyridine rings is 1. The summed E-state index contributed by atoms with van der Waals surface area (Å²) in [6.45, 7) is 0. The van der Waals surface area contributed by atoms with Gasteiger partial charge in [0.15, 0.2) is 23.3 Å². The highest BCUT2D eigenvalue weighted by Crippen LogP contribution is 2.20. The number of carbonyl (C=O) groups is 1. The van der Waals surface area contributed by atoms with Gasteiger partial charge in [-0.15, -0.1) is 0 Å². The lowest BCUT2D eigenvalue weighted by atomic mass is 10.2. The molecule has 2 rings (SSSR count). The Kier molecular flexibility index (Phi) is 3.46. The predicted molar refractivity (Wildman–Crippen MR) is 58.5 cm³/mol. The van der Waals surface area contributed by atoms with Crippen LogP contribution in [-0.4, -0.2) is 10.9 Å². The molecule has 0 atom stereocenters. The van der Waals surface area contributed by atoms with E-state index in [0.29, 0.717) is 6.07 Å². The van der Waals surface area contributed by atoms with Crippen LogP contribution >= 0.6 is 0 Å². The largest absolute Gasteiger partial charge is 0.319 e. The standard InChI is InChI=1S/C12H6F4N2O/c13-7-1-2-9(11(16)10(7)15)18-12(19)6-3-4-17-5-8(6)14/h1-5H,(H,18,19). The van der Waals surface area contributed by atoms with E-state index in [9.17, 15) is 22.4 Å². The van der Waals surface area contributed by atoms with Gasteiger partial charge in [-0.1, -0.05) is 0 Å². The minimum absolute atomic E-state index is 0.390. The van der Waals surface area contributed by atoms with Gasteiger partial charge < -0.3 is 5.32 Å². The Labute approximate surface area is 104 Å². The van der Waals surface area contributed by atoms with Gasteiger partial charge in [-0.05, 0) is 18.2 Å². The molecule has 0 bridgehead atoms. The Bertz CT molecular complexity index is 646.